The predicted octanol–water partition coefficient (Wildman–Crippen LogP) is -1.34. The van der Waals surface area contributed by atoms with Crippen molar-refractivity contribution in [1.29, 1.82) is 0 Å². The first-order valence-electron chi connectivity index (χ1n) is 7.90. The topological polar surface area (TPSA) is 96.0 Å². The molecular formula is C11H17N3O5. The van der Waals surface area contributed by atoms with Crippen molar-refractivity contribution in [3.8, 4) is 0 Å². The quantitative estimate of drug-likeness (QED) is 0.380. The summed E-state index contributed by atoms with van der Waals surface area (Å²) in [5, 5.41) is 1.83. The average molecular weight is 278 g/mol. The van der Waals surface area contributed by atoms with Crippen LogP contribution in [0, 0.1) is 0 Å². The maximum absolute atomic E-state index is 11.9. The van der Waals surface area contributed by atoms with Gasteiger partial charge >= 0.3 is 5.97 Å². The van der Waals surface area contributed by atoms with Gasteiger partial charge in [0.05, 0.1) is 8.78 Å². The molecule has 0 saturated carbocycles. The van der Waals surface area contributed by atoms with Crippen molar-refractivity contribution >= 4 is 23.7 Å². The lowest BCUT2D eigenvalue weighted by atomic mass is 10.4. The Balaban J connectivity index is 2.74. The molecular weight excluding hydrogens is 256 g/mol. The van der Waals surface area contributed by atoms with Gasteiger partial charge in [0.2, 0.25) is 5.91 Å². The molecule has 0 radical (unpaired) electrons. The van der Waals surface area contributed by atoms with E-state index in [0.29, 0.717) is 4.90 Å². The number of carbonyl (C=O) groups is 4. The molecule has 0 aliphatic carbocycles. The van der Waals surface area contributed by atoms with Gasteiger partial charge in [-0.1, -0.05) is 0 Å². The molecule has 0 aromatic rings. The molecule has 19 heavy (non-hydrogen) atoms. The standard InChI is InChI=1S/C11H17N3O5/c1-7(13(2)3)11(18)12-6-10(17)19-14-8(15)4-5-9(14)16/h7H,4-6H2,1-3H3,(H,12,18)/i2D3,6D2,11+1,13+1. The summed E-state index contributed by atoms with van der Waals surface area (Å²) in [6.45, 7) is -4.46. The Kier molecular flexibility index (Phi) is 2.98. The number of hydroxylamine groups is 2. The highest BCUT2D eigenvalue weighted by atomic mass is 16.7. The maximum Gasteiger partial charge on any atom is 0.352 e. The van der Waals surface area contributed by atoms with Gasteiger partial charge in [-0.3, -0.25) is 19.3 Å². The molecule has 1 aliphatic heterocycles. The van der Waals surface area contributed by atoms with Gasteiger partial charge in [0.1, 0.15) is 6.50 Å². The molecule has 1 saturated heterocycles. The first kappa shape index (κ1) is 9.03. The number of carbonyl (C=O) groups excluding carboxylic acids is 4. The van der Waals surface area contributed by atoms with Crippen molar-refractivity contribution in [3.05, 3.63) is 0 Å². The largest absolute Gasteiger partial charge is 0.352 e. The summed E-state index contributed by atoms with van der Waals surface area (Å²) >= 11 is 0. The molecule has 1 fully saturated rings. The molecule has 1 unspecified atom stereocenters. The fourth-order valence-corrected chi connectivity index (χ4v) is 1.16. The highest BCUT2D eigenvalue weighted by molar-refractivity contribution is 6.01. The number of nitrogens with zero attached hydrogens (tertiary/aromatic N) is 2. The first-order chi connectivity index (χ1) is 10.8. The third kappa shape index (κ3) is 4.02. The summed E-state index contributed by atoms with van der Waals surface area (Å²) in [5.74, 6) is -4.37. The molecule has 1 heterocycles. The summed E-state index contributed by atoms with van der Waals surface area (Å²) in [7, 11) is 1.13. The van der Waals surface area contributed by atoms with Gasteiger partial charge < -0.3 is 10.2 Å². The minimum atomic E-state index is -3.07. The lowest BCUT2D eigenvalue weighted by Crippen LogP contribution is -2.44. The number of nitrogens with one attached hydrogen (secondary N) is 1. The van der Waals surface area contributed by atoms with Crippen molar-refractivity contribution < 1.29 is 30.9 Å². The van der Waals surface area contributed by atoms with E-state index < -0.39 is 43.2 Å². The number of rotatable bonds is 5. The van der Waals surface area contributed by atoms with Crippen LogP contribution in [0.5, 0.6) is 0 Å². The summed E-state index contributed by atoms with van der Waals surface area (Å²) in [5.41, 5.74) is 0. The predicted molar refractivity (Wildman–Crippen MR) is 63.3 cm³/mol. The van der Waals surface area contributed by atoms with Crippen LogP contribution in [0.4, 0.5) is 0 Å². The van der Waals surface area contributed by atoms with E-state index in [4.69, 9.17) is 6.85 Å². The smallest absolute Gasteiger partial charge is 0.344 e. The third-order valence-electron chi connectivity index (χ3n) is 2.43. The van der Waals surface area contributed by atoms with Crippen LogP contribution in [0.25, 0.3) is 0 Å². The number of amides is 3. The van der Waals surface area contributed by atoms with Crippen LogP contribution in [0.2, 0.25) is 0 Å². The third-order valence-corrected chi connectivity index (χ3v) is 2.43. The second-order valence-electron chi connectivity index (χ2n) is 3.86. The molecule has 1 atom stereocenters. The van der Waals surface area contributed by atoms with Gasteiger partial charge in [-0.15, -0.1) is 5.06 Å². The van der Waals surface area contributed by atoms with E-state index in [9.17, 15) is 19.2 Å². The van der Waals surface area contributed by atoms with Crippen molar-refractivity contribution in [2.24, 2.45) is 0 Å². The van der Waals surface area contributed by atoms with Crippen LogP contribution < -0.4 is 5.32 Å². The molecule has 8 heteroatoms. The highest BCUT2D eigenvalue weighted by Gasteiger charge is 2.32. The molecule has 106 valence electrons. The molecule has 1 aliphatic rings. The Morgan fingerprint density at radius 3 is 2.63 bits per heavy atom. The van der Waals surface area contributed by atoms with Crippen LogP contribution in [-0.2, 0) is 24.0 Å². The van der Waals surface area contributed by atoms with Crippen LogP contribution in [0.3, 0.4) is 0 Å². The van der Waals surface area contributed by atoms with Crippen LogP contribution >= 0.6 is 0 Å². The Hall–Kier alpha value is -1.96. The fourth-order valence-electron chi connectivity index (χ4n) is 1.16. The number of hydrogen-bond acceptors (Lipinski definition) is 6. The zero-order chi connectivity index (χ0) is 18.9. The Labute approximate surface area is 117 Å². The number of imide groups is 1. The second-order valence-corrected chi connectivity index (χ2v) is 3.86. The monoisotopic (exact) mass is 278 g/mol. The molecule has 0 aromatic carbocycles. The van der Waals surface area contributed by atoms with Gasteiger partial charge in [0.15, 0.2) is 0 Å². The normalized spacial score (nSPS) is 22.1. The summed E-state index contributed by atoms with van der Waals surface area (Å²) in [6.07, 6.45) is -0.330. The molecule has 8 nitrogen and oxygen atoms in total. The minimum absolute atomic E-state index is 0.143. The summed E-state index contributed by atoms with van der Waals surface area (Å²) in [6, 6.07) is -1.28. The Morgan fingerprint density at radius 2 is 2.11 bits per heavy atom. The van der Waals surface area contributed by atoms with Gasteiger partial charge in [-0.25, -0.2) is 4.79 Å². The van der Waals surface area contributed by atoms with E-state index in [-0.39, 0.29) is 17.9 Å². The van der Waals surface area contributed by atoms with Gasteiger partial charge in [-0.05, 0) is 20.9 Å². The minimum Gasteiger partial charge on any atom is -0.344 e. The summed E-state index contributed by atoms with van der Waals surface area (Å²) in [4.78, 5) is 51.4. The fraction of sp³-hybridized carbons (Fsp3) is 0.636. The maximum atomic E-state index is 11.9. The molecule has 1 rings (SSSR count). The van der Waals surface area contributed by atoms with Crippen molar-refractivity contribution in [3.63, 3.8) is 0 Å². The molecule has 0 aromatic heterocycles. The Bertz CT molecular complexity index is 549. The zero-order valence-electron chi connectivity index (χ0n) is 15.4. The first-order valence-corrected chi connectivity index (χ1v) is 5.40. The highest BCUT2D eigenvalue weighted by Crippen LogP contribution is 2.11. The average Bonchev–Trinajstić information content (AvgIpc) is 2.75. The molecule has 0 bridgehead atoms. The SMILES string of the molecule is [2H]C([2H])(N[13C](=O)C(C)[15N](C)C([2H])([2H])[2H])C(=O)ON1C(=O)CCC1=O. The summed E-state index contributed by atoms with van der Waals surface area (Å²) < 4.78 is 36.5. The number of hydrogen-bond donors (Lipinski definition) is 1. The van der Waals surface area contributed by atoms with Crippen LogP contribution in [-0.4, -0.2) is 60.2 Å². The number of likely N-dealkylation sites (N-methyl/N-ethyl adjacent to an activating group) is 1. The van der Waals surface area contributed by atoms with Crippen LogP contribution in [0.1, 0.15) is 26.6 Å². The van der Waals surface area contributed by atoms with E-state index in [0.717, 1.165) is 7.05 Å². The lowest BCUT2D eigenvalue weighted by Gasteiger charge is -2.19. The van der Waals surface area contributed by atoms with Crippen molar-refractivity contribution in [2.75, 3.05) is 20.5 Å². The second kappa shape index (κ2) is 6.28. The van der Waals surface area contributed by atoms with E-state index in [1.54, 1.807) is 5.32 Å². The van der Waals surface area contributed by atoms with Crippen molar-refractivity contribution in [2.45, 2.75) is 25.8 Å². The zero-order valence-corrected chi connectivity index (χ0v) is 10.4. The molecule has 0 spiro atoms. The van der Waals surface area contributed by atoms with Crippen LogP contribution in [0.15, 0.2) is 0 Å². The van der Waals surface area contributed by atoms with Crippen molar-refractivity contribution in [1.82, 2.24) is 15.3 Å². The van der Waals surface area contributed by atoms with Gasteiger partial charge in [-0.2, -0.15) is 0 Å². The van der Waals surface area contributed by atoms with E-state index in [2.05, 4.69) is 4.84 Å². The van der Waals surface area contributed by atoms with Gasteiger partial charge in [0.25, 0.3) is 11.8 Å². The Morgan fingerprint density at radius 1 is 1.53 bits per heavy atom. The van der Waals surface area contributed by atoms with Gasteiger partial charge in [0, 0.05) is 17.0 Å². The van der Waals surface area contributed by atoms with E-state index in [1.165, 1.54) is 6.92 Å². The van der Waals surface area contributed by atoms with E-state index >= 15 is 0 Å². The molecule has 3 amide bonds. The lowest BCUT2D eigenvalue weighted by molar-refractivity contribution is -0.196. The van der Waals surface area contributed by atoms with E-state index in [1.807, 2.05) is 0 Å². The molecule has 1 N–H and O–H groups in total.